The Bertz CT molecular complexity index is 1210. The van der Waals surface area contributed by atoms with Crippen LogP contribution in [0.15, 0.2) is 52.1 Å². The van der Waals surface area contributed by atoms with Crippen molar-refractivity contribution in [1.82, 2.24) is 14.1 Å². The molecule has 12 heteroatoms. The highest BCUT2D eigenvalue weighted by atomic mass is 35.5. The smallest absolute Gasteiger partial charge is 0.395 e. The fourth-order valence-corrected chi connectivity index (χ4v) is 2.91. The first-order valence-electron chi connectivity index (χ1n) is 8.81. The van der Waals surface area contributed by atoms with Crippen molar-refractivity contribution in [3.8, 4) is 0 Å². The van der Waals surface area contributed by atoms with Crippen LogP contribution in [0, 0.1) is 5.82 Å². The number of hydrogen-bond donors (Lipinski definition) is 2. The summed E-state index contributed by atoms with van der Waals surface area (Å²) in [7, 11) is 0. The summed E-state index contributed by atoms with van der Waals surface area (Å²) >= 11 is 5.85. The summed E-state index contributed by atoms with van der Waals surface area (Å²) in [5, 5.41) is 12.1. The van der Waals surface area contributed by atoms with E-state index in [1.165, 1.54) is 0 Å². The number of aromatic nitrogens is 3. The topological polar surface area (TPSA) is 89.2 Å². The SMILES string of the molecule is O=c1nc(Nc2ccc(C(F)(F)F)c(F)c2)n(Cc2ccc(Cl)cc2)c(=O)n1CCO. The molecule has 0 amide bonds. The first kappa shape index (κ1) is 22.5. The van der Waals surface area contributed by atoms with Gasteiger partial charge < -0.3 is 10.4 Å². The molecule has 0 aliphatic rings. The number of aliphatic hydroxyl groups is 1. The van der Waals surface area contributed by atoms with E-state index in [1.54, 1.807) is 24.3 Å². The van der Waals surface area contributed by atoms with E-state index in [2.05, 4.69) is 10.3 Å². The van der Waals surface area contributed by atoms with Gasteiger partial charge in [-0.3, -0.25) is 4.57 Å². The van der Waals surface area contributed by atoms with Crippen molar-refractivity contribution in [1.29, 1.82) is 0 Å². The normalized spacial score (nSPS) is 11.5. The van der Waals surface area contributed by atoms with Gasteiger partial charge in [0, 0.05) is 10.7 Å². The van der Waals surface area contributed by atoms with E-state index >= 15 is 0 Å². The van der Waals surface area contributed by atoms with Gasteiger partial charge in [0.25, 0.3) is 0 Å². The van der Waals surface area contributed by atoms with E-state index in [1.807, 2.05) is 0 Å². The van der Waals surface area contributed by atoms with Crippen LogP contribution >= 0.6 is 11.6 Å². The number of nitrogens with one attached hydrogen (secondary N) is 1. The summed E-state index contributed by atoms with van der Waals surface area (Å²) in [6.07, 6.45) is -4.87. The molecule has 3 rings (SSSR count). The molecule has 164 valence electrons. The maximum absolute atomic E-state index is 13.9. The number of anilines is 2. The second-order valence-electron chi connectivity index (χ2n) is 6.41. The summed E-state index contributed by atoms with van der Waals surface area (Å²) < 4.78 is 54.0. The molecule has 3 aromatic rings. The molecule has 0 saturated heterocycles. The van der Waals surface area contributed by atoms with Crippen molar-refractivity contribution in [3.05, 3.63) is 85.4 Å². The second-order valence-corrected chi connectivity index (χ2v) is 6.84. The molecule has 1 heterocycles. The van der Waals surface area contributed by atoms with Gasteiger partial charge in [-0.2, -0.15) is 18.2 Å². The summed E-state index contributed by atoms with van der Waals surface area (Å²) in [5.41, 5.74) is -2.81. The van der Waals surface area contributed by atoms with Crippen LogP contribution in [0.5, 0.6) is 0 Å². The van der Waals surface area contributed by atoms with Crippen LogP contribution in [0.25, 0.3) is 0 Å². The average Bonchev–Trinajstić information content (AvgIpc) is 2.68. The fourth-order valence-electron chi connectivity index (χ4n) is 2.78. The lowest BCUT2D eigenvalue weighted by Crippen LogP contribution is -2.43. The number of halogens is 5. The maximum atomic E-state index is 13.9. The molecule has 1 aromatic heterocycles. The van der Waals surface area contributed by atoms with Crippen molar-refractivity contribution < 1.29 is 22.7 Å². The Balaban J connectivity index is 2.06. The number of aliphatic hydroxyl groups excluding tert-OH is 1. The van der Waals surface area contributed by atoms with Crippen molar-refractivity contribution in [3.63, 3.8) is 0 Å². The van der Waals surface area contributed by atoms with Crippen molar-refractivity contribution in [2.45, 2.75) is 19.3 Å². The number of nitrogens with zero attached hydrogens (tertiary/aromatic N) is 3. The molecule has 0 spiro atoms. The highest BCUT2D eigenvalue weighted by Crippen LogP contribution is 2.32. The van der Waals surface area contributed by atoms with E-state index in [9.17, 15) is 27.2 Å². The van der Waals surface area contributed by atoms with Crippen LogP contribution in [-0.4, -0.2) is 25.8 Å². The molecule has 2 aromatic carbocycles. The molecular weight excluding hydrogens is 444 g/mol. The van der Waals surface area contributed by atoms with Gasteiger partial charge >= 0.3 is 17.6 Å². The van der Waals surface area contributed by atoms with E-state index < -0.39 is 35.5 Å². The van der Waals surface area contributed by atoms with Crippen LogP contribution in [0.2, 0.25) is 5.02 Å². The summed E-state index contributed by atoms with van der Waals surface area (Å²) in [5.74, 6) is -1.84. The molecule has 0 atom stereocenters. The van der Waals surface area contributed by atoms with Gasteiger partial charge in [-0.15, -0.1) is 0 Å². The third-order valence-corrected chi connectivity index (χ3v) is 4.51. The number of alkyl halides is 3. The molecule has 7 nitrogen and oxygen atoms in total. The lowest BCUT2D eigenvalue weighted by Gasteiger charge is -2.16. The van der Waals surface area contributed by atoms with Gasteiger partial charge in [-0.05, 0) is 35.9 Å². The lowest BCUT2D eigenvalue weighted by atomic mass is 10.2. The minimum Gasteiger partial charge on any atom is -0.395 e. The monoisotopic (exact) mass is 458 g/mol. The Labute approximate surface area is 177 Å². The van der Waals surface area contributed by atoms with Crippen LogP contribution in [-0.2, 0) is 19.3 Å². The Kier molecular flexibility index (Phi) is 6.46. The molecular formula is C19H15ClF4N4O3. The molecule has 0 unspecified atom stereocenters. The Morgan fingerprint density at radius 1 is 1.06 bits per heavy atom. The Hall–Kier alpha value is -3.18. The standard InChI is InChI=1S/C19H15ClF4N4O3/c20-12-3-1-11(2-4-12)10-28-16(26-17(30)27(7-8-29)18(28)31)25-13-5-6-14(15(21)9-13)19(22,23)24/h1-6,9,29H,7-8,10H2,(H,25,26,30). The lowest BCUT2D eigenvalue weighted by molar-refractivity contribution is -0.139. The van der Waals surface area contributed by atoms with Gasteiger partial charge in [0.15, 0.2) is 0 Å². The third kappa shape index (κ3) is 5.12. The Morgan fingerprint density at radius 3 is 2.32 bits per heavy atom. The highest BCUT2D eigenvalue weighted by molar-refractivity contribution is 6.30. The van der Waals surface area contributed by atoms with Gasteiger partial charge in [0.2, 0.25) is 5.95 Å². The van der Waals surface area contributed by atoms with Crippen LogP contribution in [0.1, 0.15) is 11.1 Å². The van der Waals surface area contributed by atoms with E-state index in [-0.39, 0.29) is 24.7 Å². The largest absolute Gasteiger partial charge is 0.419 e. The van der Waals surface area contributed by atoms with Crippen LogP contribution in [0.3, 0.4) is 0 Å². The molecule has 0 saturated carbocycles. The molecule has 0 aliphatic carbocycles. The molecule has 0 fully saturated rings. The second kappa shape index (κ2) is 8.90. The molecule has 0 radical (unpaired) electrons. The predicted molar refractivity (Wildman–Crippen MR) is 105 cm³/mol. The molecule has 0 aliphatic heterocycles. The maximum Gasteiger partial charge on any atom is 0.419 e. The minimum absolute atomic E-state index is 0.0832. The first-order valence-corrected chi connectivity index (χ1v) is 9.18. The van der Waals surface area contributed by atoms with E-state index in [0.717, 1.165) is 10.6 Å². The zero-order valence-electron chi connectivity index (χ0n) is 15.7. The third-order valence-electron chi connectivity index (χ3n) is 4.26. The summed E-state index contributed by atoms with van der Waals surface area (Å²) in [6.45, 7) is -0.880. The van der Waals surface area contributed by atoms with Gasteiger partial charge in [0.05, 0.1) is 25.3 Å². The zero-order chi connectivity index (χ0) is 22.8. The number of benzene rings is 2. The number of rotatable bonds is 6. The van der Waals surface area contributed by atoms with Gasteiger partial charge in [-0.1, -0.05) is 23.7 Å². The van der Waals surface area contributed by atoms with E-state index in [4.69, 9.17) is 16.7 Å². The van der Waals surface area contributed by atoms with Gasteiger partial charge in [0.1, 0.15) is 5.82 Å². The molecule has 0 bridgehead atoms. The van der Waals surface area contributed by atoms with Crippen LogP contribution in [0.4, 0.5) is 29.2 Å². The predicted octanol–water partition coefficient (Wildman–Crippen LogP) is 3.00. The zero-order valence-corrected chi connectivity index (χ0v) is 16.4. The first-order chi connectivity index (χ1) is 14.6. The molecule has 31 heavy (non-hydrogen) atoms. The summed E-state index contributed by atoms with van der Waals surface area (Å²) in [6, 6.07) is 8.47. The molecule has 2 N–H and O–H groups in total. The van der Waals surface area contributed by atoms with Crippen molar-refractivity contribution >= 4 is 23.2 Å². The highest BCUT2D eigenvalue weighted by Gasteiger charge is 2.34. The van der Waals surface area contributed by atoms with Crippen molar-refractivity contribution in [2.75, 3.05) is 11.9 Å². The van der Waals surface area contributed by atoms with E-state index in [0.29, 0.717) is 27.3 Å². The quantitative estimate of drug-likeness (QED) is 0.554. The average molecular weight is 459 g/mol. The Morgan fingerprint density at radius 2 is 1.74 bits per heavy atom. The minimum atomic E-state index is -4.87. The van der Waals surface area contributed by atoms with Crippen LogP contribution < -0.4 is 16.7 Å². The summed E-state index contributed by atoms with van der Waals surface area (Å²) in [4.78, 5) is 28.7. The fraction of sp³-hybridized carbons (Fsp3) is 0.211. The van der Waals surface area contributed by atoms with Gasteiger partial charge in [-0.25, -0.2) is 18.5 Å². The number of hydrogen-bond acceptors (Lipinski definition) is 5. The van der Waals surface area contributed by atoms with Crippen molar-refractivity contribution in [2.24, 2.45) is 0 Å².